The van der Waals surface area contributed by atoms with E-state index >= 15 is 0 Å². The molecule has 9 nitrogen and oxygen atoms in total. The van der Waals surface area contributed by atoms with Crippen molar-refractivity contribution in [3.63, 3.8) is 0 Å². The molecule has 9 heteroatoms. The first-order chi connectivity index (χ1) is 14.3. The van der Waals surface area contributed by atoms with Gasteiger partial charge in [-0.05, 0) is 44.0 Å². The molecule has 0 radical (unpaired) electrons. The zero-order chi connectivity index (χ0) is 22.3. The lowest BCUT2D eigenvalue weighted by atomic mass is 9.88. The number of imide groups is 1. The van der Waals surface area contributed by atoms with Gasteiger partial charge in [-0.1, -0.05) is 26.7 Å². The highest BCUT2D eigenvalue weighted by atomic mass is 16.5. The Balaban J connectivity index is 1.94. The summed E-state index contributed by atoms with van der Waals surface area (Å²) >= 11 is 0. The van der Waals surface area contributed by atoms with Crippen molar-refractivity contribution in [3.05, 3.63) is 24.3 Å². The van der Waals surface area contributed by atoms with Crippen LogP contribution in [0, 0.1) is 0 Å². The Hall–Kier alpha value is -3.10. The Labute approximate surface area is 176 Å². The van der Waals surface area contributed by atoms with Crippen LogP contribution in [0.4, 0.5) is 10.5 Å². The summed E-state index contributed by atoms with van der Waals surface area (Å²) in [4.78, 5) is 50.5. The fourth-order valence-corrected chi connectivity index (χ4v) is 3.47. The number of hydrogen-bond donors (Lipinski definition) is 2. The maximum absolute atomic E-state index is 12.8. The molecule has 30 heavy (non-hydrogen) atoms. The van der Waals surface area contributed by atoms with Crippen LogP contribution in [0.25, 0.3) is 0 Å². The smallest absolute Gasteiger partial charge is 0.327 e. The Morgan fingerprint density at radius 2 is 1.73 bits per heavy atom. The van der Waals surface area contributed by atoms with E-state index in [1.165, 1.54) is 14.0 Å². The van der Waals surface area contributed by atoms with Crippen molar-refractivity contribution in [2.75, 3.05) is 19.0 Å². The van der Waals surface area contributed by atoms with Crippen molar-refractivity contribution in [1.29, 1.82) is 0 Å². The van der Waals surface area contributed by atoms with Crippen LogP contribution in [0.5, 0.6) is 5.75 Å². The maximum Gasteiger partial charge on any atom is 0.327 e. The predicted octanol–water partition coefficient (Wildman–Crippen LogP) is 2.46. The second-order valence-corrected chi connectivity index (χ2v) is 7.25. The number of hydrogen-bond acceptors (Lipinski definition) is 6. The van der Waals surface area contributed by atoms with Crippen molar-refractivity contribution in [3.8, 4) is 5.75 Å². The molecule has 1 aliphatic heterocycles. The molecule has 0 aromatic heterocycles. The van der Waals surface area contributed by atoms with Crippen molar-refractivity contribution in [1.82, 2.24) is 10.2 Å². The fraction of sp³-hybridized carbons (Fsp3) is 0.524. The van der Waals surface area contributed by atoms with Crippen LogP contribution in [0.3, 0.4) is 0 Å². The lowest BCUT2D eigenvalue weighted by Gasteiger charge is -2.25. The second-order valence-electron chi connectivity index (χ2n) is 7.25. The molecule has 1 saturated heterocycles. The molecule has 4 amide bonds. The summed E-state index contributed by atoms with van der Waals surface area (Å²) < 4.78 is 10.2. The van der Waals surface area contributed by atoms with Crippen LogP contribution in [-0.2, 0) is 19.1 Å². The standard InChI is InChI=1S/C21H29N3O6/c1-5-11-21(12-6-2)19(27)24(20(28)23-21)13-17(25)30-14(3)18(26)22-15-7-9-16(29-4)10-8-15/h7-10,14H,5-6,11-13H2,1-4H3,(H,22,26)(H,23,28)/t14-/m1/s1. The molecule has 0 unspecified atom stereocenters. The molecule has 2 rings (SSSR count). The van der Waals surface area contributed by atoms with Gasteiger partial charge in [0.2, 0.25) is 0 Å². The molecule has 1 fully saturated rings. The monoisotopic (exact) mass is 419 g/mol. The minimum absolute atomic E-state index is 0.427. The molecule has 1 heterocycles. The zero-order valence-electron chi connectivity index (χ0n) is 17.8. The van der Waals surface area contributed by atoms with Gasteiger partial charge in [0.15, 0.2) is 6.10 Å². The topological polar surface area (TPSA) is 114 Å². The van der Waals surface area contributed by atoms with Crippen molar-refractivity contribution in [2.45, 2.75) is 58.1 Å². The van der Waals surface area contributed by atoms with Crippen LogP contribution in [0.2, 0.25) is 0 Å². The maximum atomic E-state index is 12.8. The van der Waals surface area contributed by atoms with Crippen LogP contribution < -0.4 is 15.4 Å². The van der Waals surface area contributed by atoms with E-state index in [4.69, 9.17) is 9.47 Å². The Bertz CT molecular complexity index is 786. The number of carbonyl (C=O) groups is 4. The lowest BCUT2D eigenvalue weighted by Crippen LogP contribution is -2.47. The number of urea groups is 1. The number of anilines is 1. The number of methoxy groups -OCH3 is 1. The van der Waals surface area contributed by atoms with Gasteiger partial charge in [-0.25, -0.2) is 4.79 Å². The quantitative estimate of drug-likeness (QED) is 0.445. The highest BCUT2D eigenvalue weighted by Gasteiger charge is 2.50. The highest BCUT2D eigenvalue weighted by molar-refractivity contribution is 6.08. The van der Waals surface area contributed by atoms with Crippen LogP contribution >= 0.6 is 0 Å². The number of esters is 1. The van der Waals surface area contributed by atoms with Gasteiger partial charge in [-0.15, -0.1) is 0 Å². The summed E-state index contributed by atoms with van der Waals surface area (Å²) in [6, 6.07) is 6.05. The molecule has 1 aromatic rings. The van der Waals surface area contributed by atoms with E-state index in [9.17, 15) is 19.2 Å². The molecular formula is C21H29N3O6. The fourth-order valence-electron chi connectivity index (χ4n) is 3.47. The molecule has 164 valence electrons. The van der Waals surface area contributed by atoms with Gasteiger partial charge < -0.3 is 20.1 Å². The number of ether oxygens (including phenoxy) is 2. The van der Waals surface area contributed by atoms with E-state index < -0.39 is 42.0 Å². The van der Waals surface area contributed by atoms with Crippen molar-refractivity contribution in [2.24, 2.45) is 0 Å². The van der Waals surface area contributed by atoms with Crippen molar-refractivity contribution < 1.29 is 28.7 Å². The molecule has 2 N–H and O–H groups in total. The summed E-state index contributed by atoms with van der Waals surface area (Å²) in [6.45, 7) is 4.73. The van der Waals surface area contributed by atoms with E-state index in [-0.39, 0.29) is 0 Å². The zero-order valence-corrected chi connectivity index (χ0v) is 17.8. The normalized spacial score (nSPS) is 16.1. The number of amides is 4. The molecule has 0 bridgehead atoms. The molecule has 0 saturated carbocycles. The van der Waals surface area contributed by atoms with Crippen LogP contribution in [-0.4, -0.2) is 54.0 Å². The molecular weight excluding hydrogens is 390 g/mol. The minimum Gasteiger partial charge on any atom is -0.497 e. The first-order valence-corrected chi connectivity index (χ1v) is 10.0. The van der Waals surface area contributed by atoms with E-state index in [1.54, 1.807) is 24.3 Å². The highest BCUT2D eigenvalue weighted by Crippen LogP contribution is 2.28. The third kappa shape index (κ3) is 5.28. The lowest BCUT2D eigenvalue weighted by molar-refractivity contribution is -0.155. The minimum atomic E-state index is -1.10. The number of rotatable bonds is 10. The number of benzene rings is 1. The van der Waals surface area contributed by atoms with Gasteiger partial charge >= 0.3 is 12.0 Å². The van der Waals surface area contributed by atoms with E-state index in [0.29, 0.717) is 37.1 Å². The van der Waals surface area contributed by atoms with Crippen LogP contribution in [0.15, 0.2) is 24.3 Å². The molecule has 1 aromatic carbocycles. The van der Waals surface area contributed by atoms with Gasteiger partial charge in [0.05, 0.1) is 7.11 Å². The van der Waals surface area contributed by atoms with E-state index in [0.717, 1.165) is 4.90 Å². The Morgan fingerprint density at radius 3 is 2.27 bits per heavy atom. The number of carbonyl (C=O) groups excluding carboxylic acids is 4. The van der Waals surface area contributed by atoms with Gasteiger partial charge in [0, 0.05) is 5.69 Å². The Kier molecular flexibility index (Phi) is 7.79. The average molecular weight is 419 g/mol. The Morgan fingerprint density at radius 1 is 1.13 bits per heavy atom. The largest absolute Gasteiger partial charge is 0.497 e. The van der Waals surface area contributed by atoms with E-state index in [2.05, 4.69) is 10.6 Å². The summed E-state index contributed by atoms with van der Waals surface area (Å²) in [5.41, 5.74) is -0.459. The number of nitrogens with one attached hydrogen (secondary N) is 2. The van der Waals surface area contributed by atoms with Gasteiger partial charge in [-0.2, -0.15) is 0 Å². The summed E-state index contributed by atoms with van der Waals surface area (Å²) in [5, 5.41) is 5.36. The number of nitrogens with zero attached hydrogens (tertiary/aromatic N) is 1. The van der Waals surface area contributed by atoms with Gasteiger partial charge in [0.25, 0.3) is 11.8 Å². The third-order valence-electron chi connectivity index (χ3n) is 4.92. The molecule has 0 spiro atoms. The molecule has 1 atom stereocenters. The average Bonchev–Trinajstić information content (AvgIpc) is 2.93. The van der Waals surface area contributed by atoms with E-state index in [1.807, 2.05) is 13.8 Å². The summed E-state index contributed by atoms with van der Waals surface area (Å²) in [5.74, 6) is -1.15. The third-order valence-corrected chi connectivity index (χ3v) is 4.92. The SMILES string of the molecule is CCCC1(CCC)NC(=O)N(CC(=O)O[C@H](C)C(=O)Nc2ccc(OC)cc2)C1=O. The summed E-state index contributed by atoms with van der Waals surface area (Å²) in [7, 11) is 1.54. The van der Waals surface area contributed by atoms with Crippen LogP contribution in [0.1, 0.15) is 46.5 Å². The molecule has 0 aliphatic carbocycles. The first-order valence-electron chi connectivity index (χ1n) is 10.0. The van der Waals surface area contributed by atoms with Gasteiger partial charge in [-0.3, -0.25) is 19.3 Å². The predicted molar refractivity (Wildman–Crippen MR) is 110 cm³/mol. The van der Waals surface area contributed by atoms with Crippen molar-refractivity contribution >= 4 is 29.5 Å². The summed E-state index contributed by atoms with van der Waals surface area (Å²) in [6.07, 6.45) is 1.33. The van der Waals surface area contributed by atoms with Gasteiger partial charge in [0.1, 0.15) is 17.8 Å². The molecule has 1 aliphatic rings. The second kappa shape index (κ2) is 10.1. The first kappa shape index (κ1) is 23.2.